The molecule has 0 bridgehead atoms. The first-order chi connectivity index (χ1) is 4.79. The van der Waals surface area contributed by atoms with Crippen molar-refractivity contribution in [3.8, 4) is 0 Å². The lowest BCUT2D eigenvalue weighted by Crippen LogP contribution is -1.72. The maximum Gasteiger partial charge on any atom is 0.209 e. The maximum absolute atomic E-state index is 5.77. The van der Waals surface area contributed by atoms with Gasteiger partial charge in [0.2, 0.25) is 5.28 Å². The van der Waals surface area contributed by atoms with Gasteiger partial charge in [-0.3, -0.25) is 4.40 Å². The van der Waals surface area contributed by atoms with Crippen LogP contribution in [0.2, 0.25) is 5.28 Å². The molecule has 10 heavy (non-hydrogen) atoms. The monoisotopic (exact) mass is 284 g/mol. The molecule has 2 aromatic rings. The fraction of sp³-hybridized carbons (Fsp3) is 0. The van der Waals surface area contributed by atoms with E-state index in [-0.39, 0.29) is 0 Å². The van der Waals surface area contributed by atoms with Crippen LogP contribution < -0.4 is 0 Å². The Balaban J connectivity index is 2.98. The third-order valence-electron chi connectivity index (χ3n) is 1.17. The molecule has 0 spiro atoms. The third-order valence-corrected chi connectivity index (χ3v) is 3.43. The second kappa shape index (κ2) is 2.35. The minimum Gasteiger partial charge on any atom is -0.280 e. The van der Waals surface area contributed by atoms with Crippen LogP contribution >= 0.6 is 45.5 Å². The topological polar surface area (TPSA) is 17.3 Å². The van der Waals surface area contributed by atoms with Crippen LogP contribution in [0.1, 0.15) is 0 Å². The fourth-order valence-electron chi connectivity index (χ4n) is 0.756. The Bertz CT molecular complexity index is 335. The molecule has 0 aromatic carbocycles. The fourth-order valence-corrected chi connectivity index (χ4v) is 2.76. The van der Waals surface area contributed by atoms with Gasteiger partial charge in [0.25, 0.3) is 0 Å². The quantitative estimate of drug-likeness (QED) is 0.680. The normalized spacial score (nSPS) is 11.0. The molecular weight excluding hydrogens is 282 g/mol. The summed E-state index contributed by atoms with van der Waals surface area (Å²) in [5.74, 6) is 0. The Kier molecular flexibility index (Phi) is 1.62. The van der Waals surface area contributed by atoms with Crippen molar-refractivity contribution in [1.29, 1.82) is 0 Å². The minimum absolute atomic E-state index is 0.542. The summed E-state index contributed by atoms with van der Waals surface area (Å²) in [6.07, 6.45) is 1.91. The van der Waals surface area contributed by atoms with Gasteiger partial charge in [-0.1, -0.05) is 0 Å². The van der Waals surface area contributed by atoms with Gasteiger partial charge in [0.1, 0.15) is 8.53 Å². The van der Waals surface area contributed by atoms with Crippen LogP contribution in [0.3, 0.4) is 0 Å². The molecule has 2 rings (SSSR count). The third kappa shape index (κ3) is 0.860. The van der Waals surface area contributed by atoms with E-state index >= 15 is 0 Å². The van der Waals surface area contributed by atoms with Crippen LogP contribution in [0, 0.1) is 3.70 Å². The highest BCUT2D eigenvalue weighted by molar-refractivity contribution is 14.1. The van der Waals surface area contributed by atoms with Crippen molar-refractivity contribution in [3.63, 3.8) is 0 Å². The number of fused-ring (bicyclic) bond motifs is 1. The molecule has 52 valence electrons. The van der Waals surface area contributed by atoms with Gasteiger partial charge in [-0.2, -0.15) is 0 Å². The SMILES string of the molecule is Clc1nc(I)c2sccn12. The molecule has 0 unspecified atom stereocenters. The number of rotatable bonds is 0. The van der Waals surface area contributed by atoms with Crippen molar-refractivity contribution in [2.45, 2.75) is 0 Å². The molecule has 0 aliphatic heterocycles. The minimum atomic E-state index is 0.542. The number of halogens is 2. The highest BCUT2D eigenvalue weighted by Gasteiger charge is 2.05. The van der Waals surface area contributed by atoms with E-state index in [0.717, 1.165) is 8.53 Å². The number of hydrogen-bond acceptors (Lipinski definition) is 2. The first-order valence-corrected chi connectivity index (χ1v) is 4.89. The molecule has 0 fully saturated rings. The van der Waals surface area contributed by atoms with E-state index in [0.29, 0.717) is 5.28 Å². The van der Waals surface area contributed by atoms with Gasteiger partial charge in [-0.25, -0.2) is 4.98 Å². The van der Waals surface area contributed by atoms with Crippen molar-refractivity contribution in [2.75, 3.05) is 0 Å². The molecule has 0 saturated carbocycles. The van der Waals surface area contributed by atoms with Gasteiger partial charge in [0.15, 0.2) is 0 Å². The van der Waals surface area contributed by atoms with E-state index in [1.54, 1.807) is 11.3 Å². The van der Waals surface area contributed by atoms with Gasteiger partial charge in [0.05, 0.1) is 0 Å². The summed E-state index contributed by atoms with van der Waals surface area (Å²) in [7, 11) is 0. The van der Waals surface area contributed by atoms with Gasteiger partial charge < -0.3 is 0 Å². The summed E-state index contributed by atoms with van der Waals surface area (Å²) in [6, 6.07) is 0. The van der Waals surface area contributed by atoms with Crippen molar-refractivity contribution in [2.24, 2.45) is 0 Å². The highest BCUT2D eigenvalue weighted by atomic mass is 127. The first kappa shape index (κ1) is 6.87. The molecule has 2 aromatic heterocycles. The number of hydrogen-bond donors (Lipinski definition) is 0. The van der Waals surface area contributed by atoms with E-state index in [2.05, 4.69) is 27.6 Å². The number of thiazole rings is 1. The molecule has 0 aliphatic carbocycles. The van der Waals surface area contributed by atoms with Crippen LogP contribution in [0.25, 0.3) is 4.83 Å². The molecule has 0 N–H and O–H groups in total. The average Bonchev–Trinajstić information content (AvgIpc) is 2.39. The lowest BCUT2D eigenvalue weighted by atomic mass is 10.9. The molecule has 2 heterocycles. The van der Waals surface area contributed by atoms with Gasteiger partial charge in [-0.15, -0.1) is 11.3 Å². The van der Waals surface area contributed by atoms with Gasteiger partial charge in [0, 0.05) is 11.6 Å². The molecule has 0 radical (unpaired) electrons. The first-order valence-electron chi connectivity index (χ1n) is 2.55. The summed E-state index contributed by atoms with van der Waals surface area (Å²) >= 11 is 9.59. The van der Waals surface area contributed by atoms with E-state index in [1.807, 2.05) is 16.0 Å². The summed E-state index contributed by atoms with van der Waals surface area (Å²) in [5, 5.41) is 2.53. The van der Waals surface area contributed by atoms with Crippen LogP contribution in [0.4, 0.5) is 0 Å². The van der Waals surface area contributed by atoms with Gasteiger partial charge in [-0.05, 0) is 34.2 Å². The molecule has 2 nitrogen and oxygen atoms in total. The van der Waals surface area contributed by atoms with E-state index < -0.39 is 0 Å². The van der Waals surface area contributed by atoms with Crippen molar-refractivity contribution >= 4 is 50.4 Å². The van der Waals surface area contributed by atoms with Crippen LogP contribution in [0.15, 0.2) is 11.6 Å². The average molecular weight is 285 g/mol. The zero-order chi connectivity index (χ0) is 7.14. The largest absolute Gasteiger partial charge is 0.280 e. The van der Waals surface area contributed by atoms with Crippen LogP contribution in [-0.2, 0) is 0 Å². The van der Waals surface area contributed by atoms with Crippen molar-refractivity contribution < 1.29 is 0 Å². The number of aromatic nitrogens is 2. The van der Waals surface area contributed by atoms with E-state index in [1.165, 1.54) is 0 Å². The Hall–Kier alpha value is 0.190. The Morgan fingerprint density at radius 1 is 1.70 bits per heavy atom. The zero-order valence-electron chi connectivity index (χ0n) is 4.71. The Labute approximate surface area is 80.0 Å². The smallest absolute Gasteiger partial charge is 0.209 e. The summed E-state index contributed by atoms with van der Waals surface area (Å²) in [4.78, 5) is 5.19. The molecule has 0 atom stereocenters. The Morgan fingerprint density at radius 3 is 3.20 bits per heavy atom. The molecule has 5 heteroatoms. The Morgan fingerprint density at radius 2 is 2.50 bits per heavy atom. The lowest BCUT2D eigenvalue weighted by Gasteiger charge is -1.79. The van der Waals surface area contributed by atoms with Crippen molar-refractivity contribution in [1.82, 2.24) is 9.38 Å². The second-order valence-electron chi connectivity index (χ2n) is 1.75. The standard InChI is InChI=1S/C5H2ClIN2S/c6-5-8-3(7)4-9(5)1-2-10-4/h1-2H. The maximum atomic E-state index is 5.77. The summed E-state index contributed by atoms with van der Waals surface area (Å²) < 4.78 is 2.84. The number of imidazole rings is 1. The van der Waals surface area contributed by atoms with Crippen LogP contribution in [-0.4, -0.2) is 9.38 Å². The summed E-state index contributed by atoms with van der Waals surface area (Å²) in [5.41, 5.74) is 0. The van der Waals surface area contributed by atoms with Crippen molar-refractivity contribution in [3.05, 3.63) is 20.6 Å². The predicted molar refractivity (Wildman–Crippen MR) is 50.8 cm³/mol. The second-order valence-corrected chi connectivity index (χ2v) is 4.00. The summed E-state index contributed by atoms with van der Waals surface area (Å²) in [6.45, 7) is 0. The predicted octanol–water partition coefficient (Wildman–Crippen LogP) is 2.65. The molecule has 0 aliphatic rings. The molecule has 0 saturated heterocycles. The number of nitrogens with zero attached hydrogens (tertiary/aromatic N) is 2. The van der Waals surface area contributed by atoms with E-state index in [4.69, 9.17) is 11.6 Å². The molecular formula is C5H2ClIN2S. The lowest BCUT2D eigenvalue weighted by molar-refractivity contribution is 1.17. The van der Waals surface area contributed by atoms with Gasteiger partial charge >= 0.3 is 0 Å². The highest BCUT2D eigenvalue weighted by Crippen LogP contribution is 2.22. The van der Waals surface area contributed by atoms with E-state index in [9.17, 15) is 0 Å². The van der Waals surface area contributed by atoms with Crippen LogP contribution in [0.5, 0.6) is 0 Å². The molecule has 0 amide bonds. The zero-order valence-corrected chi connectivity index (χ0v) is 8.44.